The smallest absolute Gasteiger partial charge is 0.255 e. The Labute approximate surface area is 156 Å². The number of rotatable bonds is 6. The van der Waals surface area contributed by atoms with Crippen LogP contribution in [0.25, 0.3) is 11.0 Å². The lowest BCUT2D eigenvalue weighted by Gasteiger charge is -2.16. The predicted octanol–water partition coefficient (Wildman–Crippen LogP) is 3.06. The molecule has 0 unspecified atom stereocenters. The number of hydrogen-bond donors (Lipinski definition) is 2. The molecule has 0 radical (unpaired) electrons. The van der Waals surface area contributed by atoms with Crippen molar-refractivity contribution < 1.29 is 9.53 Å². The highest BCUT2D eigenvalue weighted by molar-refractivity contribution is 6.31. The van der Waals surface area contributed by atoms with E-state index in [0.717, 1.165) is 16.9 Å². The number of carbonyl (C=O) groups excluding carboxylic acids is 1. The first-order valence-corrected chi connectivity index (χ1v) is 8.73. The van der Waals surface area contributed by atoms with E-state index in [9.17, 15) is 4.79 Å². The Balaban J connectivity index is 1.85. The summed E-state index contributed by atoms with van der Waals surface area (Å²) in [5, 5.41) is 3.43. The molecule has 3 rings (SSSR count). The first-order valence-electron chi connectivity index (χ1n) is 8.36. The predicted molar refractivity (Wildman–Crippen MR) is 103 cm³/mol. The van der Waals surface area contributed by atoms with Gasteiger partial charge < -0.3 is 20.4 Å². The minimum atomic E-state index is -0.291. The largest absolute Gasteiger partial charge is 0.491 e. The highest BCUT2D eigenvalue weighted by Crippen LogP contribution is 2.25. The average Bonchev–Trinajstić information content (AvgIpc) is 2.98. The van der Waals surface area contributed by atoms with E-state index in [0.29, 0.717) is 29.5 Å². The molecule has 7 heteroatoms. The zero-order valence-electron chi connectivity index (χ0n) is 14.7. The number of benzene rings is 2. The van der Waals surface area contributed by atoms with Gasteiger partial charge in [0.25, 0.3) is 5.91 Å². The Morgan fingerprint density at radius 3 is 2.85 bits per heavy atom. The van der Waals surface area contributed by atoms with E-state index in [4.69, 9.17) is 22.1 Å². The number of aromatic nitrogens is 2. The Hall–Kier alpha value is -2.57. The summed E-state index contributed by atoms with van der Waals surface area (Å²) in [4.78, 5) is 17.4. The third-order valence-corrected chi connectivity index (χ3v) is 4.35. The number of imidazole rings is 1. The molecule has 0 bridgehead atoms. The number of halogens is 1. The first kappa shape index (κ1) is 18.2. The molecule has 2 aromatic carbocycles. The van der Waals surface area contributed by atoms with E-state index in [1.165, 1.54) is 0 Å². The fourth-order valence-corrected chi connectivity index (χ4v) is 3.04. The number of aryl methyl sites for hydroxylation is 1. The molecule has 1 heterocycles. The normalized spacial score (nSPS) is 12.2. The fourth-order valence-electron chi connectivity index (χ4n) is 2.86. The molecule has 0 aliphatic carbocycles. The molecule has 0 fully saturated rings. The minimum absolute atomic E-state index is 0.279. The van der Waals surface area contributed by atoms with Gasteiger partial charge in [0, 0.05) is 18.6 Å². The van der Waals surface area contributed by atoms with Crippen LogP contribution in [0.5, 0.6) is 5.75 Å². The number of carbonyl (C=O) groups is 1. The molecule has 0 aliphatic heterocycles. The third-order valence-electron chi connectivity index (χ3n) is 4.12. The number of amides is 1. The minimum Gasteiger partial charge on any atom is -0.491 e. The summed E-state index contributed by atoms with van der Waals surface area (Å²) >= 11 is 6.05. The van der Waals surface area contributed by atoms with Crippen LogP contribution in [0.3, 0.4) is 0 Å². The Morgan fingerprint density at radius 1 is 1.35 bits per heavy atom. The molecule has 0 saturated heterocycles. The maximum atomic E-state index is 12.8. The van der Waals surface area contributed by atoms with Gasteiger partial charge in [-0.15, -0.1) is 0 Å². The van der Waals surface area contributed by atoms with Crippen LogP contribution in [0.1, 0.15) is 29.1 Å². The van der Waals surface area contributed by atoms with Crippen molar-refractivity contribution in [3.8, 4) is 5.75 Å². The Morgan fingerprint density at radius 2 is 2.12 bits per heavy atom. The highest BCUT2D eigenvalue weighted by Gasteiger charge is 2.20. The van der Waals surface area contributed by atoms with E-state index >= 15 is 0 Å². The Kier molecular flexibility index (Phi) is 5.44. The number of hydrogen-bond acceptors (Lipinski definition) is 4. The molecule has 3 N–H and O–H groups in total. The maximum absolute atomic E-state index is 12.8. The highest BCUT2D eigenvalue weighted by atomic mass is 35.5. The first-order chi connectivity index (χ1) is 12.5. The standard InChI is InChI=1S/C19H21ClN4O2/c1-12(18-23-15-5-3-4-6-16(15)24(18)2)22-19(25)14-11-13(20)7-8-17(14)26-10-9-21/h3-8,11-12H,9-10,21H2,1-2H3,(H,22,25)/t12-/m1/s1. The van der Waals surface area contributed by atoms with E-state index in [1.54, 1.807) is 18.2 Å². The molecule has 3 aromatic rings. The quantitative estimate of drug-likeness (QED) is 0.696. The van der Waals surface area contributed by atoms with Crippen LogP contribution in [-0.4, -0.2) is 28.6 Å². The Bertz CT molecular complexity index is 938. The lowest BCUT2D eigenvalue weighted by Crippen LogP contribution is -2.29. The van der Waals surface area contributed by atoms with E-state index < -0.39 is 0 Å². The van der Waals surface area contributed by atoms with Crippen molar-refractivity contribution in [3.63, 3.8) is 0 Å². The molecule has 136 valence electrons. The second-order valence-corrected chi connectivity index (χ2v) is 6.43. The number of fused-ring (bicyclic) bond motifs is 1. The van der Waals surface area contributed by atoms with E-state index in [2.05, 4.69) is 10.3 Å². The van der Waals surface area contributed by atoms with Crippen LogP contribution < -0.4 is 15.8 Å². The molecular weight excluding hydrogens is 352 g/mol. The summed E-state index contributed by atoms with van der Waals surface area (Å²) in [6.45, 7) is 2.58. The SMILES string of the molecule is C[C@@H](NC(=O)c1cc(Cl)ccc1OCCN)c1nc2ccccc2n1C. The second kappa shape index (κ2) is 7.76. The van der Waals surface area contributed by atoms with Crippen molar-refractivity contribution in [3.05, 3.63) is 58.9 Å². The summed E-state index contributed by atoms with van der Waals surface area (Å²) in [5.74, 6) is 0.944. The third kappa shape index (κ3) is 3.66. The van der Waals surface area contributed by atoms with Gasteiger partial charge in [-0.05, 0) is 37.3 Å². The molecule has 1 atom stereocenters. The lowest BCUT2D eigenvalue weighted by atomic mass is 10.1. The fraction of sp³-hybridized carbons (Fsp3) is 0.263. The number of nitrogens with two attached hydrogens (primary N) is 1. The van der Waals surface area contributed by atoms with E-state index in [-0.39, 0.29) is 11.9 Å². The summed E-state index contributed by atoms with van der Waals surface area (Å²) < 4.78 is 7.53. The monoisotopic (exact) mass is 372 g/mol. The van der Waals surface area contributed by atoms with Crippen LogP contribution in [0.4, 0.5) is 0 Å². The van der Waals surface area contributed by atoms with Gasteiger partial charge in [-0.3, -0.25) is 4.79 Å². The second-order valence-electron chi connectivity index (χ2n) is 5.99. The van der Waals surface area contributed by atoms with Gasteiger partial charge in [0.1, 0.15) is 18.2 Å². The lowest BCUT2D eigenvalue weighted by molar-refractivity contribution is 0.0934. The molecular formula is C19H21ClN4O2. The van der Waals surface area contributed by atoms with Crippen LogP contribution in [0.2, 0.25) is 5.02 Å². The molecule has 1 amide bonds. The van der Waals surface area contributed by atoms with E-state index in [1.807, 2.05) is 42.8 Å². The van der Waals surface area contributed by atoms with Crippen molar-refractivity contribution in [1.82, 2.24) is 14.9 Å². The summed E-state index contributed by atoms with van der Waals surface area (Å²) in [5.41, 5.74) is 7.75. The molecule has 1 aromatic heterocycles. The van der Waals surface area contributed by atoms with Crippen LogP contribution in [0.15, 0.2) is 42.5 Å². The van der Waals surface area contributed by atoms with Crippen LogP contribution in [0, 0.1) is 0 Å². The maximum Gasteiger partial charge on any atom is 0.255 e. The molecule has 26 heavy (non-hydrogen) atoms. The zero-order valence-corrected chi connectivity index (χ0v) is 15.5. The van der Waals surface area contributed by atoms with Crippen LogP contribution >= 0.6 is 11.6 Å². The van der Waals surface area contributed by atoms with Gasteiger partial charge in [-0.1, -0.05) is 23.7 Å². The number of para-hydroxylation sites is 2. The number of ether oxygens (including phenoxy) is 1. The topological polar surface area (TPSA) is 82.2 Å². The van der Waals surface area contributed by atoms with Gasteiger partial charge in [-0.25, -0.2) is 4.98 Å². The van der Waals surface area contributed by atoms with Crippen molar-refractivity contribution in [2.45, 2.75) is 13.0 Å². The summed E-state index contributed by atoms with van der Waals surface area (Å²) in [6, 6.07) is 12.5. The van der Waals surface area contributed by atoms with Crippen molar-refractivity contribution in [2.24, 2.45) is 12.8 Å². The van der Waals surface area contributed by atoms with Crippen molar-refractivity contribution >= 4 is 28.5 Å². The molecule has 0 aliphatic rings. The van der Waals surface area contributed by atoms with Gasteiger partial charge in [0.15, 0.2) is 0 Å². The van der Waals surface area contributed by atoms with Gasteiger partial charge in [0.05, 0.1) is 22.6 Å². The molecule has 6 nitrogen and oxygen atoms in total. The molecule has 0 saturated carbocycles. The van der Waals surface area contributed by atoms with Crippen LogP contribution in [-0.2, 0) is 7.05 Å². The van der Waals surface area contributed by atoms with Gasteiger partial charge in [-0.2, -0.15) is 0 Å². The number of nitrogens with one attached hydrogen (secondary N) is 1. The van der Waals surface area contributed by atoms with Crippen molar-refractivity contribution in [2.75, 3.05) is 13.2 Å². The van der Waals surface area contributed by atoms with Gasteiger partial charge >= 0.3 is 0 Å². The van der Waals surface area contributed by atoms with Gasteiger partial charge in [0.2, 0.25) is 0 Å². The summed E-state index contributed by atoms with van der Waals surface area (Å²) in [6.07, 6.45) is 0. The average molecular weight is 373 g/mol. The molecule has 0 spiro atoms. The summed E-state index contributed by atoms with van der Waals surface area (Å²) in [7, 11) is 1.93. The number of nitrogens with zero attached hydrogens (tertiary/aromatic N) is 2. The van der Waals surface area contributed by atoms with Crippen molar-refractivity contribution in [1.29, 1.82) is 0 Å². The zero-order chi connectivity index (χ0) is 18.7.